The fraction of sp³-hybridized carbons (Fsp3) is 0.273. The van der Waals surface area contributed by atoms with Crippen molar-refractivity contribution in [2.24, 2.45) is 0 Å². The highest BCUT2D eigenvalue weighted by Gasteiger charge is 2.29. The number of amides is 1. The molecule has 1 amide bonds. The number of carbonyl (C=O) groups excluding carboxylic acids is 1. The van der Waals surface area contributed by atoms with E-state index in [2.05, 4.69) is 70.7 Å². The molecule has 1 aliphatic rings. The fourth-order valence-corrected chi connectivity index (χ4v) is 4.29. The molecule has 0 saturated carbocycles. The second-order valence-electron chi connectivity index (χ2n) is 7.03. The first-order chi connectivity index (χ1) is 13.2. The summed E-state index contributed by atoms with van der Waals surface area (Å²) in [7, 11) is 0. The Balaban J connectivity index is 1.55. The van der Waals surface area contributed by atoms with Gasteiger partial charge in [-0.2, -0.15) is 0 Å². The van der Waals surface area contributed by atoms with Crippen molar-refractivity contribution in [2.75, 3.05) is 11.9 Å². The molecule has 1 N–H and O–H groups in total. The monoisotopic (exact) mass is 377 g/mol. The maximum atomic E-state index is 12.6. The van der Waals surface area contributed by atoms with Gasteiger partial charge in [0, 0.05) is 24.2 Å². The van der Waals surface area contributed by atoms with Gasteiger partial charge in [-0.1, -0.05) is 54.1 Å². The molecule has 0 radical (unpaired) electrons. The van der Waals surface area contributed by atoms with Crippen LogP contribution in [0.4, 0.5) is 5.13 Å². The van der Waals surface area contributed by atoms with Crippen LogP contribution in [0.5, 0.6) is 0 Å². The zero-order valence-electron chi connectivity index (χ0n) is 15.4. The molecule has 0 saturated heterocycles. The number of anilines is 1. The van der Waals surface area contributed by atoms with Gasteiger partial charge >= 0.3 is 0 Å². The predicted octanol–water partition coefficient (Wildman–Crippen LogP) is 4.58. The Morgan fingerprint density at radius 1 is 1.22 bits per heavy atom. The van der Waals surface area contributed by atoms with Crippen LogP contribution in [-0.4, -0.2) is 22.3 Å². The Kier molecular flexibility index (Phi) is 5.32. The van der Waals surface area contributed by atoms with Gasteiger partial charge in [-0.25, -0.2) is 4.98 Å². The van der Waals surface area contributed by atoms with E-state index in [0.717, 1.165) is 19.4 Å². The van der Waals surface area contributed by atoms with Crippen LogP contribution >= 0.6 is 11.3 Å². The Bertz CT molecular complexity index is 906. The molecule has 1 unspecified atom stereocenters. The van der Waals surface area contributed by atoms with Gasteiger partial charge in [-0.15, -0.1) is 11.3 Å². The van der Waals surface area contributed by atoms with E-state index in [1.165, 1.54) is 33.6 Å². The number of aryl methyl sites for hydroxylation is 2. The van der Waals surface area contributed by atoms with Crippen LogP contribution < -0.4 is 5.32 Å². The highest BCUT2D eigenvalue weighted by molar-refractivity contribution is 7.13. The molecule has 4 rings (SSSR count). The lowest BCUT2D eigenvalue weighted by atomic mass is 10.1. The summed E-state index contributed by atoms with van der Waals surface area (Å²) in [5, 5.41) is 5.44. The molecule has 3 aromatic rings. The summed E-state index contributed by atoms with van der Waals surface area (Å²) in [6, 6.07) is 17.4. The third-order valence-corrected chi connectivity index (χ3v) is 5.76. The minimum Gasteiger partial charge on any atom is -0.301 e. The number of aromatic nitrogens is 1. The Labute approximate surface area is 163 Å². The largest absolute Gasteiger partial charge is 0.301 e. The smallest absolute Gasteiger partial charge is 0.240 e. The predicted molar refractivity (Wildman–Crippen MR) is 110 cm³/mol. The standard InChI is InChI=1S/C22H23N3OS/c1-16-6-8-17(9-7-16)14-25(15-21(26)24-22-23-12-13-27-22)20-11-10-18-4-2-3-5-19(18)20/h2-9,12-13,20H,10-11,14-15H2,1H3,(H,23,24,26). The number of carbonyl (C=O) groups is 1. The zero-order valence-corrected chi connectivity index (χ0v) is 16.2. The van der Waals surface area contributed by atoms with Crippen LogP contribution in [0, 0.1) is 6.92 Å². The average molecular weight is 378 g/mol. The fourth-order valence-electron chi connectivity index (χ4n) is 3.75. The quantitative estimate of drug-likeness (QED) is 0.684. The first-order valence-corrected chi connectivity index (χ1v) is 10.1. The number of thiazole rings is 1. The van der Waals surface area contributed by atoms with E-state index in [-0.39, 0.29) is 11.9 Å². The molecule has 27 heavy (non-hydrogen) atoms. The Morgan fingerprint density at radius 2 is 2.04 bits per heavy atom. The molecule has 138 valence electrons. The summed E-state index contributed by atoms with van der Waals surface area (Å²) in [4.78, 5) is 19.1. The molecule has 1 heterocycles. The van der Waals surface area contributed by atoms with E-state index < -0.39 is 0 Å². The summed E-state index contributed by atoms with van der Waals surface area (Å²) in [6.45, 7) is 3.20. The SMILES string of the molecule is Cc1ccc(CN(CC(=O)Nc2nccs2)C2CCc3ccccc32)cc1. The molecule has 0 fully saturated rings. The van der Waals surface area contributed by atoms with Crippen molar-refractivity contribution in [1.29, 1.82) is 0 Å². The number of hydrogen-bond acceptors (Lipinski definition) is 4. The molecule has 5 heteroatoms. The molecule has 0 bridgehead atoms. The summed E-state index contributed by atoms with van der Waals surface area (Å²) >= 11 is 1.44. The lowest BCUT2D eigenvalue weighted by molar-refractivity contribution is -0.118. The van der Waals surface area contributed by atoms with Crippen LogP contribution in [0.2, 0.25) is 0 Å². The van der Waals surface area contributed by atoms with E-state index in [1.807, 2.05) is 5.38 Å². The van der Waals surface area contributed by atoms with Crippen LogP contribution in [0.15, 0.2) is 60.1 Å². The summed E-state index contributed by atoms with van der Waals surface area (Å²) in [5.41, 5.74) is 5.23. The Hall–Kier alpha value is -2.50. The van der Waals surface area contributed by atoms with Crippen molar-refractivity contribution >= 4 is 22.4 Å². The normalized spacial score (nSPS) is 15.7. The van der Waals surface area contributed by atoms with Gasteiger partial charge < -0.3 is 5.32 Å². The van der Waals surface area contributed by atoms with Crippen LogP contribution in [0.3, 0.4) is 0 Å². The third kappa shape index (κ3) is 4.26. The highest BCUT2D eigenvalue weighted by Crippen LogP contribution is 2.36. The first-order valence-electron chi connectivity index (χ1n) is 9.26. The van der Waals surface area contributed by atoms with Crippen LogP contribution in [0.1, 0.15) is 34.7 Å². The van der Waals surface area contributed by atoms with E-state index in [1.54, 1.807) is 6.20 Å². The molecule has 1 aliphatic carbocycles. The van der Waals surface area contributed by atoms with Gasteiger partial charge in [-0.05, 0) is 36.5 Å². The van der Waals surface area contributed by atoms with Crippen molar-refractivity contribution in [1.82, 2.24) is 9.88 Å². The van der Waals surface area contributed by atoms with E-state index in [0.29, 0.717) is 11.7 Å². The summed E-state index contributed by atoms with van der Waals surface area (Å²) in [6.07, 6.45) is 3.83. The van der Waals surface area contributed by atoms with Crippen LogP contribution in [-0.2, 0) is 17.8 Å². The average Bonchev–Trinajstić information content (AvgIpc) is 3.32. The maximum Gasteiger partial charge on any atom is 0.240 e. The topological polar surface area (TPSA) is 45.2 Å². The van der Waals surface area contributed by atoms with Gasteiger partial charge in [0.1, 0.15) is 0 Å². The van der Waals surface area contributed by atoms with Gasteiger partial charge in [0.2, 0.25) is 5.91 Å². The lowest BCUT2D eigenvalue weighted by Gasteiger charge is -2.29. The maximum absolute atomic E-state index is 12.6. The molecule has 0 aliphatic heterocycles. The minimum atomic E-state index is -0.0126. The third-order valence-electron chi connectivity index (χ3n) is 5.07. The summed E-state index contributed by atoms with van der Waals surface area (Å²) in [5.74, 6) is -0.0126. The zero-order chi connectivity index (χ0) is 18.6. The van der Waals surface area contributed by atoms with E-state index >= 15 is 0 Å². The van der Waals surface area contributed by atoms with Crippen molar-refractivity contribution in [3.63, 3.8) is 0 Å². The number of fused-ring (bicyclic) bond motifs is 1. The molecule has 0 spiro atoms. The van der Waals surface area contributed by atoms with Crippen molar-refractivity contribution in [2.45, 2.75) is 32.4 Å². The molecule has 2 aromatic carbocycles. The van der Waals surface area contributed by atoms with Gasteiger partial charge in [0.25, 0.3) is 0 Å². The molecular formula is C22H23N3OS. The van der Waals surface area contributed by atoms with Gasteiger partial charge in [0.05, 0.1) is 6.54 Å². The van der Waals surface area contributed by atoms with Crippen LogP contribution in [0.25, 0.3) is 0 Å². The molecule has 1 atom stereocenters. The highest BCUT2D eigenvalue weighted by atomic mass is 32.1. The number of nitrogens with zero attached hydrogens (tertiary/aromatic N) is 2. The number of hydrogen-bond donors (Lipinski definition) is 1. The number of rotatable bonds is 6. The van der Waals surface area contributed by atoms with Crippen molar-refractivity contribution < 1.29 is 4.79 Å². The minimum absolute atomic E-state index is 0.0126. The molecular weight excluding hydrogens is 354 g/mol. The van der Waals surface area contributed by atoms with Crippen molar-refractivity contribution in [3.8, 4) is 0 Å². The summed E-state index contributed by atoms with van der Waals surface area (Å²) < 4.78 is 0. The molecule has 4 nitrogen and oxygen atoms in total. The van der Waals surface area contributed by atoms with E-state index in [4.69, 9.17) is 0 Å². The second kappa shape index (κ2) is 8.03. The number of benzene rings is 2. The first kappa shape index (κ1) is 17.9. The van der Waals surface area contributed by atoms with Gasteiger partial charge in [0.15, 0.2) is 5.13 Å². The lowest BCUT2D eigenvalue weighted by Crippen LogP contribution is -2.35. The second-order valence-corrected chi connectivity index (χ2v) is 7.92. The number of nitrogens with one attached hydrogen (secondary N) is 1. The van der Waals surface area contributed by atoms with Gasteiger partial charge in [-0.3, -0.25) is 9.69 Å². The Morgan fingerprint density at radius 3 is 2.81 bits per heavy atom. The van der Waals surface area contributed by atoms with E-state index in [9.17, 15) is 4.79 Å². The molecule has 1 aromatic heterocycles. The van der Waals surface area contributed by atoms with Crippen molar-refractivity contribution in [3.05, 3.63) is 82.4 Å².